The number of hydrogen-bond donors (Lipinski definition) is 2. The molecule has 0 saturated carbocycles. The van der Waals surface area contributed by atoms with Crippen LogP contribution >= 0.6 is 11.6 Å². The van der Waals surface area contributed by atoms with Gasteiger partial charge in [-0.25, -0.2) is 4.98 Å². The third-order valence-electron chi connectivity index (χ3n) is 3.82. The molecule has 1 aromatic heterocycles. The smallest absolute Gasteiger partial charge is 0.257 e. The third kappa shape index (κ3) is 4.48. The van der Waals surface area contributed by atoms with Gasteiger partial charge in [-0.05, 0) is 36.4 Å². The van der Waals surface area contributed by atoms with Crippen LogP contribution in [-0.4, -0.2) is 25.1 Å². The molecule has 1 amide bonds. The summed E-state index contributed by atoms with van der Waals surface area (Å²) in [5.74, 6) is 1.44. The SMILES string of the molecule is COc1ccc(NC(=O)c2ccc(Nc3ccccc3Cl)nc2)c(OC)c1. The largest absolute Gasteiger partial charge is 0.497 e. The number of halogens is 1. The number of methoxy groups -OCH3 is 2. The van der Waals surface area contributed by atoms with Gasteiger partial charge in [0.05, 0.1) is 36.2 Å². The second-order valence-electron chi connectivity index (χ2n) is 5.56. The van der Waals surface area contributed by atoms with Crippen molar-refractivity contribution in [3.8, 4) is 11.5 Å². The Balaban J connectivity index is 1.72. The summed E-state index contributed by atoms with van der Waals surface area (Å²) < 4.78 is 10.4. The van der Waals surface area contributed by atoms with E-state index in [9.17, 15) is 4.79 Å². The molecule has 3 aromatic rings. The van der Waals surface area contributed by atoms with Crippen molar-refractivity contribution in [3.63, 3.8) is 0 Å². The number of ether oxygens (including phenoxy) is 2. The van der Waals surface area contributed by atoms with Crippen molar-refractivity contribution >= 4 is 34.7 Å². The number of benzene rings is 2. The summed E-state index contributed by atoms with van der Waals surface area (Å²) >= 11 is 6.12. The quantitative estimate of drug-likeness (QED) is 0.642. The van der Waals surface area contributed by atoms with Crippen LogP contribution in [0.3, 0.4) is 0 Å². The number of aromatic nitrogens is 1. The lowest BCUT2D eigenvalue weighted by Crippen LogP contribution is -2.13. The molecule has 0 saturated heterocycles. The van der Waals surface area contributed by atoms with Crippen molar-refractivity contribution in [1.29, 1.82) is 0 Å². The van der Waals surface area contributed by atoms with Crippen LogP contribution in [0.5, 0.6) is 11.5 Å². The Morgan fingerprint density at radius 3 is 2.48 bits per heavy atom. The molecule has 7 heteroatoms. The molecule has 2 N–H and O–H groups in total. The highest BCUT2D eigenvalue weighted by Crippen LogP contribution is 2.29. The van der Waals surface area contributed by atoms with E-state index in [1.54, 1.807) is 43.5 Å². The minimum absolute atomic E-state index is 0.296. The molecule has 0 spiro atoms. The summed E-state index contributed by atoms with van der Waals surface area (Å²) in [7, 11) is 3.10. The second-order valence-corrected chi connectivity index (χ2v) is 5.96. The molecule has 0 atom stereocenters. The summed E-state index contributed by atoms with van der Waals surface area (Å²) in [5.41, 5.74) is 1.70. The first-order valence-corrected chi connectivity index (χ1v) is 8.49. The number of carbonyl (C=O) groups excluding carboxylic acids is 1. The standard InChI is InChI=1S/C20H18ClN3O3/c1-26-14-8-9-17(18(11-14)27-2)24-20(25)13-7-10-19(22-12-13)23-16-6-4-3-5-15(16)21/h3-12H,1-2H3,(H,22,23)(H,24,25). The molecule has 0 aliphatic rings. The average molecular weight is 384 g/mol. The van der Waals surface area contributed by atoms with Crippen molar-refractivity contribution in [1.82, 2.24) is 4.98 Å². The highest BCUT2D eigenvalue weighted by Gasteiger charge is 2.11. The number of para-hydroxylation sites is 1. The fourth-order valence-corrected chi connectivity index (χ4v) is 2.58. The molecular formula is C20H18ClN3O3. The fraction of sp³-hybridized carbons (Fsp3) is 0.100. The predicted molar refractivity (Wildman–Crippen MR) is 106 cm³/mol. The first-order chi connectivity index (χ1) is 13.1. The van der Waals surface area contributed by atoms with Gasteiger partial charge in [0.25, 0.3) is 5.91 Å². The maximum atomic E-state index is 12.5. The van der Waals surface area contributed by atoms with E-state index in [-0.39, 0.29) is 5.91 Å². The van der Waals surface area contributed by atoms with Gasteiger partial charge in [-0.3, -0.25) is 4.79 Å². The van der Waals surface area contributed by atoms with E-state index in [4.69, 9.17) is 21.1 Å². The Labute approximate surface area is 162 Å². The summed E-state index contributed by atoms with van der Waals surface area (Å²) in [6, 6.07) is 15.9. The van der Waals surface area contributed by atoms with Crippen molar-refractivity contribution in [2.45, 2.75) is 0 Å². The number of amides is 1. The van der Waals surface area contributed by atoms with E-state index in [0.717, 1.165) is 5.69 Å². The van der Waals surface area contributed by atoms with Crippen molar-refractivity contribution in [2.24, 2.45) is 0 Å². The van der Waals surface area contributed by atoms with Gasteiger partial charge in [0.15, 0.2) is 0 Å². The molecule has 0 fully saturated rings. The van der Waals surface area contributed by atoms with Gasteiger partial charge < -0.3 is 20.1 Å². The third-order valence-corrected chi connectivity index (χ3v) is 4.15. The monoisotopic (exact) mass is 383 g/mol. The van der Waals surface area contributed by atoms with Crippen LogP contribution in [0.4, 0.5) is 17.2 Å². The molecule has 138 valence electrons. The van der Waals surface area contributed by atoms with E-state index in [2.05, 4.69) is 15.6 Å². The fourth-order valence-electron chi connectivity index (χ4n) is 2.40. The Hall–Kier alpha value is -3.25. The lowest BCUT2D eigenvalue weighted by atomic mass is 10.2. The average Bonchev–Trinajstić information content (AvgIpc) is 2.70. The summed E-state index contributed by atoms with van der Waals surface area (Å²) in [6.45, 7) is 0. The van der Waals surface area contributed by atoms with Crippen LogP contribution in [-0.2, 0) is 0 Å². The highest BCUT2D eigenvalue weighted by atomic mass is 35.5. The number of pyridine rings is 1. The molecule has 0 bridgehead atoms. The molecule has 3 rings (SSSR count). The number of nitrogens with one attached hydrogen (secondary N) is 2. The van der Waals surface area contributed by atoms with E-state index in [1.165, 1.54) is 13.3 Å². The van der Waals surface area contributed by atoms with Gasteiger partial charge in [-0.2, -0.15) is 0 Å². The minimum Gasteiger partial charge on any atom is -0.497 e. The van der Waals surface area contributed by atoms with E-state index in [0.29, 0.717) is 33.6 Å². The maximum Gasteiger partial charge on any atom is 0.257 e. The van der Waals surface area contributed by atoms with Gasteiger partial charge in [0.2, 0.25) is 0 Å². The predicted octanol–water partition coefficient (Wildman–Crippen LogP) is 4.75. The lowest BCUT2D eigenvalue weighted by Gasteiger charge is -2.12. The maximum absolute atomic E-state index is 12.5. The molecule has 6 nitrogen and oxygen atoms in total. The highest BCUT2D eigenvalue weighted by molar-refractivity contribution is 6.33. The number of hydrogen-bond acceptors (Lipinski definition) is 5. The zero-order chi connectivity index (χ0) is 19.2. The Bertz CT molecular complexity index is 945. The van der Waals surface area contributed by atoms with Crippen LogP contribution < -0.4 is 20.1 Å². The number of carbonyl (C=O) groups is 1. The van der Waals surface area contributed by atoms with Crippen molar-refractivity contribution < 1.29 is 14.3 Å². The number of anilines is 3. The molecule has 1 heterocycles. The lowest BCUT2D eigenvalue weighted by molar-refractivity contribution is 0.102. The molecule has 0 unspecified atom stereocenters. The zero-order valence-electron chi connectivity index (χ0n) is 14.8. The van der Waals surface area contributed by atoms with Gasteiger partial charge in [0.1, 0.15) is 17.3 Å². The van der Waals surface area contributed by atoms with Crippen LogP contribution in [0.2, 0.25) is 5.02 Å². The van der Waals surface area contributed by atoms with Crippen LogP contribution in [0.25, 0.3) is 0 Å². The Morgan fingerprint density at radius 2 is 1.81 bits per heavy atom. The normalized spacial score (nSPS) is 10.2. The minimum atomic E-state index is -0.296. The van der Waals surface area contributed by atoms with E-state index >= 15 is 0 Å². The van der Waals surface area contributed by atoms with Gasteiger partial charge in [-0.15, -0.1) is 0 Å². The number of rotatable bonds is 6. The van der Waals surface area contributed by atoms with Gasteiger partial charge in [0, 0.05) is 12.3 Å². The van der Waals surface area contributed by atoms with Crippen LogP contribution in [0, 0.1) is 0 Å². The molecule has 0 aliphatic carbocycles. The van der Waals surface area contributed by atoms with E-state index < -0.39 is 0 Å². The number of nitrogens with zero attached hydrogens (tertiary/aromatic N) is 1. The summed E-state index contributed by atoms with van der Waals surface area (Å²) in [5, 5.41) is 6.51. The van der Waals surface area contributed by atoms with Gasteiger partial charge in [-0.1, -0.05) is 23.7 Å². The Morgan fingerprint density at radius 1 is 1.00 bits per heavy atom. The first kappa shape index (κ1) is 18.5. The summed E-state index contributed by atoms with van der Waals surface area (Å²) in [4.78, 5) is 16.7. The molecule has 27 heavy (non-hydrogen) atoms. The second kappa shape index (κ2) is 8.42. The summed E-state index contributed by atoms with van der Waals surface area (Å²) in [6.07, 6.45) is 1.49. The topological polar surface area (TPSA) is 72.5 Å². The van der Waals surface area contributed by atoms with Crippen LogP contribution in [0.1, 0.15) is 10.4 Å². The first-order valence-electron chi connectivity index (χ1n) is 8.11. The Kier molecular flexibility index (Phi) is 5.78. The zero-order valence-corrected chi connectivity index (χ0v) is 15.6. The molecule has 2 aromatic carbocycles. The van der Waals surface area contributed by atoms with Crippen molar-refractivity contribution in [2.75, 3.05) is 24.9 Å². The van der Waals surface area contributed by atoms with Crippen molar-refractivity contribution in [3.05, 3.63) is 71.4 Å². The van der Waals surface area contributed by atoms with Gasteiger partial charge >= 0.3 is 0 Å². The van der Waals surface area contributed by atoms with E-state index in [1.807, 2.05) is 18.2 Å². The molecule has 0 aliphatic heterocycles. The molecule has 0 radical (unpaired) electrons. The van der Waals surface area contributed by atoms with Crippen LogP contribution in [0.15, 0.2) is 60.8 Å². The molecular weight excluding hydrogens is 366 g/mol.